The van der Waals surface area contributed by atoms with E-state index in [9.17, 15) is 4.39 Å². The summed E-state index contributed by atoms with van der Waals surface area (Å²) in [4.78, 5) is 12.8. The molecule has 1 atom stereocenters. The van der Waals surface area contributed by atoms with Crippen LogP contribution < -0.4 is 15.5 Å². The molecular weight excluding hydrogens is 488 g/mol. The first-order valence-electron chi connectivity index (χ1n) is 9.53. The van der Waals surface area contributed by atoms with Crippen molar-refractivity contribution in [1.82, 2.24) is 15.6 Å². The van der Waals surface area contributed by atoms with Crippen LogP contribution in [0, 0.1) is 19.7 Å². The summed E-state index contributed by atoms with van der Waals surface area (Å²) in [5.74, 6) is 0.626. The van der Waals surface area contributed by atoms with Crippen molar-refractivity contribution in [3.8, 4) is 0 Å². The molecule has 2 N–H and O–H groups in total. The summed E-state index contributed by atoms with van der Waals surface area (Å²) in [5, 5.41) is 7.90. The highest BCUT2D eigenvalue weighted by Gasteiger charge is 2.21. The number of aliphatic imine (C=N–C) groups is 1. The topological polar surface area (TPSA) is 52.6 Å². The fourth-order valence-electron chi connectivity index (χ4n) is 3.27. The first-order valence-corrected chi connectivity index (χ1v) is 10.3. The van der Waals surface area contributed by atoms with Crippen LogP contribution in [0.2, 0.25) is 0 Å². The van der Waals surface area contributed by atoms with E-state index >= 15 is 0 Å². The SMILES string of the molecule is CCNC(=NCc1nc(C)c(C)s1)NC1CCCN(c2cccc(F)c2)C1.I. The third-order valence-electron chi connectivity index (χ3n) is 4.73. The van der Waals surface area contributed by atoms with Gasteiger partial charge in [0.1, 0.15) is 10.8 Å². The third kappa shape index (κ3) is 6.30. The van der Waals surface area contributed by atoms with E-state index in [0.29, 0.717) is 6.54 Å². The maximum absolute atomic E-state index is 13.5. The number of hydrogen-bond donors (Lipinski definition) is 2. The Morgan fingerprint density at radius 3 is 2.89 bits per heavy atom. The monoisotopic (exact) mass is 517 g/mol. The minimum Gasteiger partial charge on any atom is -0.369 e. The van der Waals surface area contributed by atoms with Crippen LogP contribution in [0.1, 0.15) is 35.3 Å². The van der Waals surface area contributed by atoms with Gasteiger partial charge in [0.05, 0.1) is 12.2 Å². The molecule has 1 aliphatic rings. The van der Waals surface area contributed by atoms with Gasteiger partial charge in [0.15, 0.2) is 5.96 Å². The summed E-state index contributed by atoms with van der Waals surface area (Å²) in [6, 6.07) is 7.11. The van der Waals surface area contributed by atoms with Gasteiger partial charge in [0, 0.05) is 36.2 Å². The number of halogens is 2. The largest absolute Gasteiger partial charge is 0.369 e. The summed E-state index contributed by atoms with van der Waals surface area (Å²) in [7, 11) is 0. The van der Waals surface area contributed by atoms with Gasteiger partial charge in [-0.25, -0.2) is 14.4 Å². The van der Waals surface area contributed by atoms with Gasteiger partial charge in [0.2, 0.25) is 0 Å². The van der Waals surface area contributed by atoms with Crippen LogP contribution in [-0.2, 0) is 6.54 Å². The smallest absolute Gasteiger partial charge is 0.191 e. The predicted molar refractivity (Wildman–Crippen MR) is 127 cm³/mol. The van der Waals surface area contributed by atoms with E-state index in [0.717, 1.165) is 54.8 Å². The highest BCUT2D eigenvalue weighted by molar-refractivity contribution is 14.0. The molecule has 154 valence electrons. The van der Waals surface area contributed by atoms with Crippen LogP contribution in [0.3, 0.4) is 0 Å². The van der Waals surface area contributed by atoms with Crippen LogP contribution >= 0.6 is 35.3 Å². The lowest BCUT2D eigenvalue weighted by Gasteiger charge is -2.35. The molecule has 3 rings (SSSR count). The fourth-order valence-corrected chi connectivity index (χ4v) is 4.13. The van der Waals surface area contributed by atoms with Gasteiger partial charge in [-0.2, -0.15) is 0 Å². The minimum atomic E-state index is -0.188. The summed E-state index contributed by atoms with van der Waals surface area (Å²) in [5.41, 5.74) is 2.03. The zero-order valence-corrected chi connectivity index (χ0v) is 19.8. The molecule has 1 aromatic heterocycles. The number of benzene rings is 1. The summed E-state index contributed by atoms with van der Waals surface area (Å²) in [6.45, 7) is 9.36. The molecule has 0 spiro atoms. The number of guanidine groups is 1. The highest BCUT2D eigenvalue weighted by Crippen LogP contribution is 2.21. The minimum absolute atomic E-state index is 0. The van der Waals surface area contributed by atoms with Crippen LogP contribution in [0.25, 0.3) is 0 Å². The van der Waals surface area contributed by atoms with E-state index < -0.39 is 0 Å². The van der Waals surface area contributed by atoms with Gasteiger partial charge < -0.3 is 15.5 Å². The number of nitrogens with zero attached hydrogens (tertiary/aromatic N) is 3. The van der Waals surface area contributed by atoms with Gasteiger partial charge in [-0.3, -0.25) is 0 Å². The van der Waals surface area contributed by atoms with Crippen molar-refractivity contribution in [2.75, 3.05) is 24.5 Å². The quantitative estimate of drug-likeness (QED) is 0.354. The van der Waals surface area contributed by atoms with Gasteiger partial charge in [-0.15, -0.1) is 35.3 Å². The molecule has 8 heteroatoms. The van der Waals surface area contributed by atoms with Crippen LogP contribution in [0.15, 0.2) is 29.3 Å². The number of anilines is 1. The van der Waals surface area contributed by atoms with Crippen molar-refractivity contribution < 1.29 is 4.39 Å². The van der Waals surface area contributed by atoms with Crippen molar-refractivity contribution in [2.45, 2.75) is 46.2 Å². The standard InChI is InChI=1S/C20H28FN5S.HI/c1-4-22-20(23-12-19-24-14(2)15(3)27-19)25-17-8-6-10-26(13-17)18-9-5-7-16(21)11-18;/h5,7,9,11,17H,4,6,8,10,12-13H2,1-3H3,(H2,22,23,25);1H. The molecule has 0 radical (unpaired) electrons. The molecule has 2 aromatic rings. The molecule has 0 saturated carbocycles. The zero-order valence-electron chi connectivity index (χ0n) is 16.7. The van der Waals surface area contributed by atoms with Crippen LogP contribution in [0.5, 0.6) is 0 Å². The molecule has 1 fully saturated rings. The zero-order chi connectivity index (χ0) is 19.2. The lowest BCUT2D eigenvalue weighted by atomic mass is 10.0. The van der Waals surface area contributed by atoms with E-state index in [1.165, 1.54) is 10.9 Å². The number of rotatable bonds is 5. The van der Waals surface area contributed by atoms with Gasteiger partial charge in [-0.05, 0) is 51.8 Å². The molecule has 1 aliphatic heterocycles. The van der Waals surface area contributed by atoms with E-state index in [4.69, 9.17) is 4.99 Å². The number of thiazole rings is 1. The number of hydrogen-bond acceptors (Lipinski definition) is 4. The summed E-state index contributed by atoms with van der Waals surface area (Å²) in [6.07, 6.45) is 2.14. The van der Waals surface area contributed by atoms with E-state index in [-0.39, 0.29) is 35.8 Å². The number of piperidine rings is 1. The Kier molecular flexibility index (Phi) is 8.94. The second-order valence-corrected chi connectivity index (χ2v) is 8.14. The van der Waals surface area contributed by atoms with Crippen LogP contribution in [0.4, 0.5) is 10.1 Å². The Bertz CT molecular complexity index is 775. The van der Waals surface area contributed by atoms with Crippen LogP contribution in [-0.4, -0.2) is 36.6 Å². The van der Waals surface area contributed by atoms with Crippen molar-refractivity contribution in [1.29, 1.82) is 0 Å². The summed E-state index contributed by atoms with van der Waals surface area (Å²) >= 11 is 1.70. The van der Waals surface area contributed by atoms with E-state index in [2.05, 4.69) is 34.4 Å². The Balaban J connectivity index is 0.00000280. The van der Waals surface area contributed by atoms with Gasteiger partial charge >= 0.3 is 0 Å². The maximum Gasteiger partial charge on any atom is 0.191 e. The molecule has 28 heavy (non-hydrogen) atoms. The molecule has 1 aromatic carbocycles. The third-order valence-corrected chi connectivity index (χ3v) is 5.78. The molecule has 1 saturated heterocycles. The number of nitrogens with one attached hydrogen (secondary N) is 2. The maximum atomic E-state index is 13.5. The molecular formula is C20H29FIN5S. The predicted octanol–water partition coefficient (Wildman–Crippen LogP) is 4.24. The molecule has 0 bridgehead atoms. The lowest BCUT2D eigenvalue weighted by molar-refractivity contribution is 0.467. The van der Waals surface area contributed by atoms with Crippen molar-refractivity contribution >= 4 is 47.0 Å². The van der Waals surface area contributed by atoms with Crippen molar-refractivity contribution in [3.05, 3.63) is 45.7 Å². The first kappa shape index (κ1) is 22.9. The molecule has 1 unspecified atom stereocenters. The second-order valence-electron chi connectivity index (χ2n) is 6.85. The lowest BCUT2D eigenvalue weighted by Crippen LogP contribution is -2.51. The Morgan fingerprint density at radius 2 is 2.21 bits per heavy atom. The Hall–Kier alpha value is -1.42. The number of aromatic nitrogens is 1. The van der Waals surface area contributed by atoms with Gasteiger partial charge in [0.25, 0.3) is 0 Å². The van der Waals surface area contributed by atoms with E-state index in [1.807, 2.05) is 13.0 Å². The number of aryl methyl sites for hydroxylation is 2. The fraction of sp³-hybridized carbons (Fsp3) is 0.500. The average Bonchev–Trinajstić information content (AvgIpc) is 2.98. The molecule has 5 nitrogen and oxygen atoms in total. The normalized spacial score (nSPS) is 17.2. The van der Waals surface area contributed by atoms with Crippen molar-refractivity contribution in [3.63, 3.8) is 0 Å². The van der Waals surface area contributed by atoms with Gasteiger partial charge in [-0.1, -0.05) is 6.07 Å². The van der Waals surface area contributed by atoms with E-state index in [1.54, 1.807) is 23.5 Å². The second kappa shape index (κ2) is 10.9. The Labute approximate surface area is 187 Å². The highest BCUT2D eigenvalue weighted by atomic mass is 127. The molecule has 2 heterocycles. The van der Waals surface area contributed by atoms with Crippen molar-refractivity contribution in [2.24, 2.45) is 4.99 Å². The first-order chi connectivity index (χ1) is 13.0. The molecule has 0 aliphatic carbocycles. The average molecular weight is 517 g/mol. The molecule has 0 amide bonds. The Morgan fingerprint density at radius 1 is 1.39 bits per heavy atom. The summed E-state index contributed by atoms with van der Waals surface area (Å²) < 4.78 is 13.5.